The van der Waals surface area contributed by atoms with Gasteiger partial charge in [-0.1, -0.05) is 29.8 Å². The van der Waals surface area contributed by atoms with E-state index in [9.17, 15) is 9.18 Å². The van der Waals surface area contributed by atoms with Crippen molar-refractivity contribution in [1.82, 2.24) is 4.90 Å². The van der Waals surface area contributed by atoms with E-state index >= 15 is 0 Å². The van der Waals surface area contributed by atoms with Gasteiger partial charge in [0.15, 0.2) is 0 Å². The van der Waals surface area contributed by atoms with Gasteiger partial charge in [0.2, 0.25) is 0 Å². The van der Waals surface area contributed by atoms with Crippen molar-refractivity contribution in [3.05, 3.63) is 70.5 Å². The zero-order valence-electron chi connectivity index (χ0n) is 14.4. The van der Waals surface area contributed by atoms with Crippen molar-refractivity contribution < 1.29 is 13.9 Å². The lowest BCUT2D eigenvalue weighted by atomic mass is 9.91. The average molecular weight is 375 g/mol. The molecule has 2 N–H and O–H groups in total. The zero-order valence-corrected chi connectivity index (χ0v) is 15.2. The van der Waals surface area contributed by atoms with Gasteiger partial charge >= 0.3 is 6.09 Å². The monoisotopic (exact) mass is 374 g/mol. The Labute approximate surface area is 157 Å². The zero-order chi connectivity index (χ0) is 18.7. The average Bonchev–Trinajstić information content (AvgIpc) is 2.63. The second-order valence-electron chi connectivity index (χ2n) is 6.07. The van der Waals surface area contributed by atoms with Crippen molar-refractivity contribution in [2.75, 3.05) is 18.9 Å². The molecule has 4 nitrogen and oxygen atoms in total. The Kier molecular flexibility index (Phi) is 5.47. The van der Waals surface area contributed by atoms with Crippen molar-refractivity contribution >= 4 is 29.0 Å². The van der Waals surface area contributed by atoms with Gasteiger partial charge in [-0.15, -0.1) is 0 Å². The van der Waals surface area contributed by atoms with Gasteiger partial charge in [0, 0.05) is 22.8 Å². The molecule has 0 saturated heterocycles. The number of hydrogen-bond acceptors (Lipinski definition) is 3. The Balaban J connectivity index is 2.05. The van der Waals surface area contributed by atoms with E-state index in [1.165, 1.54) is 12.1 Å². The van der Waals surface area contributed by atoms with Crippen LogP contribution in [0, 0.1) is 5.82 Å². The van der Waals surface area contributed by atoms with Crippen molar-refractivity contribution in [2.45, 2.75) is 19.4 Å². The number of benzene rings is 2. The van der Waals surface area contributed by atoms with E-state index in [1.807, 2.05) is 24.3 Å². The molecule has 0 aromatic heterocycles. The molecule has 1 aliphatic heterocycles. The number of anilines is 1. The molecule has 2 aromatic carbocycles. The van der Waals surface area contributed by atoms with E-state index in [4.69, 9.17) is 22.1 Å². The van der Waals surface area contributed by atoms with Gasteiger partial charge in [-0.3, -0.25) is 4.90 Å². The third kappa shape index (κ3) is 3.83. The molecule has 0 fully saturated rings. The van der Waals surface area contributed by atoms with Crippen LogP contribution in [0.1, 0.15) is 30.5 Å². The van der Waals surface area contributed by atoms with Crippen LogP contribution in [0.15, 0.2) is 48.5 Å². The minimum absolute atomic E-state index is 0.297. The number of carbonyl (C=O) groups excluding carboxylic acids is 1. The molecule has 1 amide bonds. The fraction of sp³-hybridized carbons (Fsp3) is 0.250. The predicted molar refractivity (Wildman–Crippen MR) is 101 cm³/mol. The molecule has 0 aliphatic carbocycles. The van der Waals surface area contributed by atoms with Crippen LogP contribution < -0.4 is 5.73 Å². The number of ether oxygens (including phenoxy) is 1. The van der Waals surface area contributed by atoms with Crippen molar-refractivity contribution in [1.29, 1.82) is 0 Å². The Morgan fingerprint density at radius 2 is 2.15 bits per heavy atom. The Morgan fingerprint density at radius 1 is 1.35 bits per heavy atom. The molecule has 2 aromatic rings. The summed E-state index contributed by atoms with van der Waals surface area (Å²) in [5, 5.41) is 0.581. The Morgan fingerprint density at radius 3 is 2.88 bits per heavy atom. The summed E-state index contributed by atoms with van der Waals surface area (Å²) in [5.41, 5.74) is 8.95. The maximum atomic E-state index is 13.7. The second-order valence-corrected chi connectivity index (χ2v) is 6.50. The van der Waals surface area contributed by atoms with Crippen LogP contribution in [0.5, 0.6) is 0 Å². The van der Waals surface area contributed by atoms with Gasteiger partial charge in [-0.2, -0.15) is 0 Å². The number of carbonyl (C=O) groups is 1. The van der Waals surface area contributed by atoms with Gasteiger partial charge in [0.25, 0.3) is 0 Å². The van der Waals surface area contributed by atoms with Crippen molar-refractivity contribution in [2.24, 2.45) is 0 Å². The van der Waals surface area contributed by atoms with E-state index in [-0.39, 0.29) is 18.0 Å². The van der Waals surface area contributed by atoms with E-state index < -0.39 is 0 Å². The van der Waals surface area contributed by atoms with E-state index in [0.29, 0.717) is 35.8 Å². The van der Waals surface area contributed by atoms with Crippen molar-refractivity contribution in [3.8, 4) is 0 Å². The summed E-state index contributed by atoms with van der Waals surface area (Å²) in [6.07, 6.45) is 2.10. The molecule has 1 aliphatic rings. The molecule has 26 heavy (non-hydrogen) atoms. The molecule has 0 bridgehead atoms. The van der Waals surface area contributed by atoms with Crippen LogP contribution in [0.3, 0.4) is 0 Å². The summed E-state index contributed by atoms with van der Waals surface area (Å²) in [6.45, 7) is 2.51. The summed E-state index contributed by atoms with van der Waals surface area (Å²) in [4.78, 5) is 14.0. The lowest BCUT2D eigenvalue weighted by Gasteiger charge is -2.34. The van der Waals surface area contributed by atoms with Gasteiger partial charge in [-0.25, -0.2) is 9.18 Å². The topological polar surface area (TPSA) is 55.6 Å². The van der Waals surface area contributed by atoms with Crippen LogP contribution in [0.2, 0.25) is 5.02 Å². The van der Waals surface area contributed by atoms with E-state index in [0.717, 1.165) is 11.1 Å². The predicted octanol–water partition coefficient (Wildman–Crippen LogP) is 5.05. The largest absolute Gasteiger partial charge is 0.450 e. The first-order valence-electron chi connectivity index (χ1n) is 8.44. The van der Waals surface area contributed by atoms with Gasteiger partial charge < -0.3 is 10.5 Å². The maximum Gasteiger partial charge on any atom is 0.410 e. The molecular weight excluding hydrogens is 355 g/mol. The van der Waals surface area contributed by atoms with Gasteiger partial charge in [-0.05, 0) is 54.8 Å². The number of hydrogen-bond donors (Lipinski definition) is 1. The highest BCUT2D eigenvalue weighted by molar-refractivity contribution is 6.30. The standard InChI is InChI=1S/C20H20ClFN2O2/c1-2-26-20(25)24-9-8-13(17-12-16(22)6-7-18(17)23)11-19(24)14-4-3-5-15(21)10-14/h3-7,10-12,19H,2,8-9,23H2,1H3. The van der Waals surface area contributed by atoms with Gasteiger partial charge in [0.1, 0.15) is 5.82 Å². The quantitative estimate of drug-likeness (QED) is 0.765. The van der Waals surface area contributed by atoms with Crippen LogP contribution in [0.4, 0.5) is 14.9 Å². The molecule has 1 unspecified atom stereocenters. The minimum atomic E-state index is -0.389. The molecule has 6 heteroatoms. The summed E-state index contributed by atoms with van der Waals surface area (Å²) in [7, 11) is 0. The molecular formula is C20H20ClFN2O2. The van der Waals surface area contributed by atoms with Crippen LogP contribution in [-0.4, -0.2) is 24.1 Å². The summed E-state index contributed by atoms with van der Waals surface area (Å²) >= 11 is 6.13. The highest BCUT2D eigenvalue weighted by Gasteiger charge is 2.29. The lowest BCUT2D eigenvalue weighted by molar-refractivity contribution is 0.0968. The maximum absolute atomic E-state index is 13.7. The number of nitrogen functional groups attached to an aromatic ring is 1. The first-order valence-corrected chi connectivity index (χ1v) is 8.82. The second kappa shape index (κ2) is 7.79. The molecule has 0 radical (unpaired) electrons. The highest BCUT2D eigenvalue weighted by atomic mass is 35.5. The Bertz CT molecular complexity index is 853. The van der Waals surface area contributed by atoms with E-state index in [2.05, 4.69) is 0 Å². The molecule has 0 spiro atoms. The van der Waals surface area contributed by atoms with Gasteiger partial charge in [0.05, 0.1) is 12.6 Å². The molecule has 1 heterocycles. The minimum Gasteiger partial charge on any atom is -0.450 e. The highest BCUT2D eigenvalue weighted by Crippen LogP contribution is 2.36. The third-order valence-electron chi connectivity index (χ3n) is 4.37. The fourth-order valence-corrected chi connectivity index (χ4v) is 3.35. The first kappa shape index (κ1) is 18.3. The fourth-order valence-electron chi connectivity index (χ4n) is 3.15. The van der Waals surface area contributed by atoms with Crippen LogP contribution in [-0.2, 0) is 4.74 Å². The number of halogens is 2. The smallest absolute Gasteiger partial charge is 0.410 e. The molecule has 136 valence electrons. The normalized spacial score (nSPS) is 17.0. The number of nitrogens with zero attached hydrogens (tertiary/aromatic N) is 1. The third-order valence-corrected chi connectivity index (χ3v) is 4.61. The summed E-state index contributed by atoms with van der Waals surface area (Å²) in [5.74, 6) is -0.345. The number of amides is 1. The first-order chi connectivity index (χ1) is 12.5. The van der Waals surface area contributed by atoms with Crippen molar-refractivity contribution in [3.63, 3.8) is 0 Å². The summed E-state index contributed by atoms with van der Waals surface area (Å²) < 4.78 is 18.9. The Hall–Kier alpha value is -2.53. The van der Waals surface area contributed by atoms with Crippen LogP contribution >= 0.6 is 11.6 Å². The SMILES string of the molecule is CCOC(=O)N1CCC(c2cc(F)ccc2N)=CC1c1cccc(Cl)c1. The van der Waals surface area contributed by atoms with Crippen LogP contribution in [0.25, 0.3) is 5.57 Å². The number of nitrogens with two attached hydrogens (primary N) is 1. The molecule has 0 saturated carbocycles. The molecule has 3 rings (SSSR count). The molecule has 1 atom stereocenters. The summed E-state index contributed by atoms with van der Waals surface area (Å²) in [6, 6.07) is 11.3. The van der Waals surface area contributed by atoms with E-state index in [1.54, 1.807) is 24.0 Å². The lowest BCUT2D eigenvalue weighted by Crippen LogP contribution is -2.37. The number of rotatable bonds is 3.